The van der Waals surface area contributed by atoms with E-state index in [0.717, 1.165) is 38.9 Å². The van der Waals surface area contributed by atoms with Crippen molar-refractivity contribution in [2.24, 2.45) is 0 Å². The summed E-state index contributed by atoms with van der Waals surface area (Å²) < 4.78 is 0. The molecule has 0 aromatic heterocycles. The molecule has 1 fully saturated rings. The molecular weight excluding hydrogens is 288 g/mol. The number of aliphatic hydroxyl groups is 1. The minimum Gasteiger partial charge on any atom is -0.378 e. The van der Waals surface area contributed by atoms with Gasteiger partial charge in [-0.05, 0) is 38.7 Å². The highest BCUT2D eigenvalue weighted by Crippen LogP contribution is 2.15. The van der Waals surface area contributed by atoms with Gasteiger partial charge in [0.1, 0.15) is 0 Å². The molecule has 0 bridgehead atoms. The molecule has 0 aliphatic carbocycles. The number of nitrogens with zero attached hydrogens (tertiary/aromatic N) is 1. The molecule has 1 heterocycles. The van der Waals surface area contributed by atoms with Gasteiger partial charge in [0.15, 0.2) is 6.10 Å². The Morgan fingerprint density at radius 2 is 1.96 bits per heavy atom. The van der Waals surface area contributed by atoms with Crippen molar-refractivity contribution in [2.75, 3.05) is 19.6 Å². The summed E-state index contributed by atoms with van der Waals surface area (Å²) in [5.41, 5.74) is 2.01. The van der Waals surface area contributed by atoms with Crippen LogP contribution in [0.5, 0.6) is 0 Å². The third kappa shape index (κ3) is 5.81. The van der Waals surface area contributed by atoms with Gasteiger partial charge in [-0.1, -0.05) is 42.0 Å². The maximum atomic E-state index is 12.2. The molecule has 4 heteroatoms. The van der Waals surface area contributed by atoms with E-state index in [0.29, 0.717) is 5.56 Å². The molecule has 126 valence electrons. The zero-order chi connectivity index (χ0) is 16.7. The van der Waals surface area contributed by atoms with Crippen LogP contribution in [0.15, 0.2) is 42.0 Å². The number of carbonyl (C=O) groups excluding carboxylic acids is 1. The van der Waals surface area contributed by atoms with E-state index in [4.69, 9.17) is 0 Å². The number of piperidine rings is 1. The van der Waals surface area contributed by atoms with Gasteiger partial charge in [0.2, 0.25) is 0 Å². The Hall–Kier alpha value is -1.65. The highest BCUT2D eigenvalue weighted by atomic mass is 16.3. The van der Waals surface area contributed by atoms with E-state index in [1.165, 1.54) is 5.57 Å². The van der Waals surface area contributed by atoms with Crippen molar-refractivity contribution < 1.29 is 9.90 Å². The quantitative estimate of drug-likeness (QED) is 0.793. The van der Waals surface area contributed by atoms with Crippen LogP contribution in [-0.2, 0) is 4.79 Å². The third-order valence-electron chi connectivity index (χ3n) is 4.30. The van der Waals surface area contributed by atoms with Crippen LogP contribution in [0.25, 0.3) is 0 Å². The second-order valence-electron chi connectivity index (χ2n) is 6.51. The molecule has 2 rings (SSSR count). The van der Waals surface area contributed by atoms with E-state index in [2.05, 4.69) is 30.1 Å². The standard InChI is InChI=1S/C19H28N2O2/c1-15(2)7-6-12-21-13-10-17(11-14-21)20-19(23)18(22)16-8-4-3-5-9-16/h3-5,7-9,17-18,22H,6,10-14H2,1-2H3,(H,20,23). The molecule has 1 saturated heterocycles. The minimum atomic E-state index is -1.08. The summed E-state index contributed by atoms with van der Waals surface area (Å²) in [4.78, 5) is 14.6. The molecule has 0 saturated carbocycles. The number of rotatable bonds is 6. The van der Waals surface area contributed by atoms with Crippen molar-refractivity contribution in [1.82, 2.24) is 10.2 Å². The Labute approximate surface area is 139 Å². The van der Waals surface area contributed by atoms with E-state index in [1.54, 1.807) is 12.1 Å². The van der Waals surface area contributed by atoms with Gasteiger partial charge in [-0.2, -0.15) is 0 Å². The smallest absolute Gasteiger partial charge is 0.253 e. The van der Waals surface area contributed by atoms with Crippen LogP contribution in [0.4, 0.5) is 0 Å². The summed E-state index contributed by atoms with van der Waals surface area (Å²) in [5, 5.41) is 13.1. The Morgan fingerprint density at radius 3 is 2.57 bits per heavy atom. The fourth-order valence-electron chi connectivity index (χ4n) is 2.90. The number of hydrogen-bond donors (Lipinski definition) is 2. The van der Waals surface area contributed by atoms with Gasteiger partial charge in [0, 0.05) is 25.7 Å². The highest BCUT2D eigenvalue weighted by Gasteiger charge is 2.24. The topological polar surface area (TPSA) is 52.6 Å². The monoisotopic (exact) mass is 316 g/mol. The van der Waals surface area contributed by atoms with Crippen LogP contribution in [0.2, 0.25) is 0 Å². The molecule has 4 nitrogen and oxygen atoms in total. The lowest BCUT2D eigenvalue weighted by atomic mass is 10.0. The van der Waals surface area contributed by atoms with Gasteiger partial charge < -0.3 is 15.3 Å². The van der Waals surface area contributed by atoms with Gasteiger partial charge in [-0.25, -0.2) is 0 Å². The Morgan fingerprint density at radius 1 is 1.30 bits per heavy atom. The number of amides is 1. The fourth-order valence-corrected chi connectivity index (χ4v) is 2.90. The van der Waals surface area contributed by atoms with Crippen molar-refractivity contribution >= 4 is 5.91 Å². The molecule has 1 amide bonds. The van der Waals surface area contributed by atoms with Gasteiger partial charge in [0.25, 0.3) is 5.91 Å². The maximum absolute atomic E-state index is 12.2. The van der Waals surface area contributed by atoms with E-state index in [-0.39, 0.29) is 11.9 Å². The summed E-state index contributed by atoms with van der Waals surface area (Å²) in [6.45, 7) is 7.34. The van der Waals surface area contributed by atoms with Crippen LogP contribution in [0.1, 0.15) is 44.8 Å². The molecular formula is C19H28N2O2. The zero-order valence-corrected chi connectivity index (χ0v) is 14.2. The zero-order valence-electron chi connectivity index (χ0n) is 14.2. The third-order valence-corrected chi connectivity index (χ3v) is 4.30. The summed E-state index contributed by atoms with van der Waals surface area (Å²) >= 11 is 0. The molecule has 1 unspecified atom stereocenters. The first kappa shape index (κ1) is 17.7. The van der Waals surface area contributed by atoms with E-state index < -0.39 is 6.10 Å². The number of nitrogens with one attached hydrogen (secondary N) is 1. The SMILES string of the molecule is CC(C)=CCCN1CCC(NC(=O)C(O)c2ccccc2)CC1. The summed E-state index contributed by atoms with van der Waals surface area (Å²) in [5.74, 6) is -0.292. The first-order valence-electron chi connectivity index (χ1n) is 8.45. The van der Waals surface area contributed by atoms with Crippen molar-refractivity contribution in [3.8, 4) is 0 Å². The fraction of sp³-hybridized carbons (Fsp3) is 0.526. The number of benzene rings is 1. The Bertz CT molecular complexity index is 515. The number of carbonyl (C=O) groups is 1. The minimum absolute atomic E-state index is 0.167. The van der Waals surface area contributed by atoms with Crippen molar-refractivity contribution in [3.05, 3.63) is 47.5 Å². The van der Waals surface area contributed by atoms with Crippen LogP contribution < -0.4 is 5.32 Å². The van der Waals surface area contributed by atoms with E-state index >= 15 is 0 Å². The van der Waals surface area contributed by atoms with Crippen molar-refractivity contribution in [1.29, 1.82) is 0 Å². The normalized spacial score (nSPS) is 17.5. The highest BCUT2D eigenvalue weighted by molar-refractivity contribution is 5.82. The molecule has 1 aromatic rings. The second-order valence-corrected chi connectivity index (χ2v) is 6.51. The van der Waals surface area contributed by atoms with E-state index in [1.807, 2.05) is 18.2 Å². The van der Waals surface area contributed by atoms with Gasteiger partial charge >= 0.3 is 0 Å². The lowest BCUT2D eigenvalue weighted by Crippen LogP contribution is -2.46. The summed E-state index contributed by atoms with van der Waals surface area (Å²) in [6.07, 6.45) is 4.17. The van der Waals surface area contributed by atoms with Crippen LogP contribution in [-0.4, -0.2) is 41.6 Å². The van der Waals surface area contributed by atoms with Crippen LogP contribution in [0.3, 0.4) is 0 Å². The lowest BCUT2D eigenvalue weighted by molar-refractivity contribution is -0.130. The Kier molecular flexibility index (Phi) is 6.81. The first-order chi connectivity index (χ1) is 11.1. The van der Waals surface area contributed by atoms with Crippen LogP contribution in [0, 0.1) is 0 Å². The largest absolute Gasteiger partial charge is 0.378 e. The van der Waals surface area contributed by atoms with Gasteiger partial charge in [-0.15, -0.1) is 0 Å². The van der Waals surface area contributed by atoms with E-state index in [9.17, 15) is 9.90 Å². The number of hydrogen-bond acceptors (Lipinski definition) is 3. The average Bonchev–Trinajstić information content (AvgIpc) is 2.56. The maximum Gasteiger partial charge on any atom is 0.253 e. The molecule has 1 aliphatic heterocycles. The average molecular weight is 316 g/mol. The van der Waals surface area contributed by atoms with Gasteiger partial charge in [-0.3, -0.25) is 4.79 Å². The lowest BCUT2D eigenvalue weighted by Gasteiger charge is -2.32. The first-order valence-corrected chi connectivity index (χ1v) is 8.45. The number of aliphatic hydroxyl groups excluding tert-OH is 1. The molecule has 1 aliphatic rings. The second kappa shape index (κ2) is 8.85. The Balaban J connectivity index is 1.73. The molecule has 1 aromatic carbocycles. The molecule has 23 heavy (non-hydrogen) atoms. The predicted octanol–water partition coefficient (Wildman–Crippen LogP) is 2.66. The molecule has 2 N–H and O–H groups in total. The number of likely N-dealkylation sites (tertiary alicyclic amines) is 1. The predicted molar refractivity (Wildman–Crippen MR) is 93.1 cm³/mol. The molecule has 0 spiro atoms. The van der Waals surface area contributed by atoms with Gasteiger partial charge in [0.05, 0.1) is 0 Å². The number of allylic oxidation sites excluding steroid dienone is 1. The summed E-state index contributed by atoms with van der Waals surface area (Å²) in [7, 11) is 0. The summed E-state index contributed by atoms with van der Waals surface area (Å²) in [6, 6.07) is 9.25. The molecule has 1 atom stereocenters. The molecule has 0 radical (unpaired) electrons. The van der Waals surface area contributed by atoms with Crippen molar-refractivity contribution in [2.45, 2.75) is 45.3 Å². The van der Waals surface area contributed by atoms with Crippen LogP contribution >= 0.6 is 0 Å². The van der Waals surface area contributed by atoms with Crippen molar-refractivity contribution in [3.63, 3.8) is 0 Å².